The van der Waals surface area contributed by atoms with Gasteiger partial charge in [-0.15, -0.1) is 24.8 Å². The molecule has 1 heterocycles. The van der Waals surface area contributed by atoms with Crippen LogP contribution in [0.15, 0.2) is 22.6 Å². The van der Waals surface area contributed by atoms with Crippen molar-refractivity contribution in [3.8, 4) is 0 Å². The molecule has 0 bridgehead atoms. The Morgan fingerprint density at radius 1 is 1.50 bits per heavy atom. The molecular weight excluding hydrogens is 305 g/mol. The van der Waals surface area contributed by atoms with Crippen LogP contribution in [-0.2, 0) is 9.53 Å². The molecule has 8 heteroatoms. The van der Waals surface area contributed by atoms with Crippen LogP contribution >= 0.6 is 24.8 Å². The summed E-state index contributed by atoms with van der Waals surface area (Å²) in [4.78, 5) is 15.9. The van der Waals surface area contributed by atoms with Crippen molar-refractivity contribution in [2.75, 3.05) is 19.0 Å². The zero-order valence-electron chi connectivity index (χ0n) is 11.1. The summed E-state index contributed by atoms with van der Waals surface area (Å²) in [5.41, 5.74) is 7.63. The average Bonchev–Trinajstić information content (AvgIpc) is 2.68. The molecule has 112 valence electrons. The molecule has 0 aliphatic heterocycles. The zero-order chi connectivity index (χ0) is 13.1. The molecule has 0 fully saturated rings. The predicted molar refractivity (Wildman–Crippen MR) is 81.7 cm³/mol. The number of carbonyl (C=O) groups is 1. The third-order valence-corrected chi connectivity index (χ3v) is 2.45. The van der Waals surface area contributed by atoms with E-state index >= 15 is 0 Å². The number of aryl methyl sites for hydroxylation is 1. The summed E-state index contributed by atoms with van der Waals surface area (Å²) in [6.07, 6.45) is 0. The Hall–Kier alpha value is -1.34. The Morgan fingerprint density at radius 3 is 2.85 bits per heavy atom. The number of oxazole rings is 1. The average molecular weight is 322 g/mol. The first-order valence-electron chi connectivity index (χ1n) is 5.52. The van der Waals surface area contributed by atoms with Gasteiger partial charge in [-0.2, -0.15) is 0 Å². The number of rotatable bonds is 4. The second-order valence-corrected chi connectivity index (χ2v) is 3.97. The van der Waals surface area contributed by atoms with E-state index in [1.54, 1.807) is 25.1 Å². The van der Waals surface area contributed by atoms with E-state index in [0.29, 0.717) is 17.2 Å². The van der Waals surface area contributed by atoms with Crippen LogP contribution in [0.4, 0.5) is 5.69 Å². The Kier molecular flexibility index (Phi) is 7.52. The van der Waals surface area contributed by atoms with Crippen LogP contribution in [-0.4, -0.2) is 30.6 Å². The molecule has 1 unspecified atom stereocenters. The monoisotopic (exact) mass is 321 g/mol. The van der Waals surface area contributed by atoms with Crippen molar-refractivity contribution in [3.63, 3.8) is 0 Å². The highest BCUT2D eigenvalue weighted by molar-refractivity contribution is 5.96. The van der Waals surface area contributed by atoms with E-state index in [9.17, 15) is 4.79 Å². The van der Waals surface area contributed by atoms with E-state index in [4.69, 9.17) is 14.9 Å². The summed E-state index contributed by atoms with van der Waals surface area (Å²) >= 11 is 0. The molecule has 0 saturated carbocycles. The van der Waals surface area contributed by atoms with Crippen molar-refractivity contribution in [1.29, 1.82) is 0 Å². The van der Waals surface area contributed by atoms with E-state index in [-0.39, 0.29) is 37.3 Å². The highest BCUT2D eigenvalue weighted by atomic mass is 35.5. The number of hydrogen-bond donors (Lipinski definition) is 2. The van der Waals surface area contributed by atoms with Crippen molar-refractivity contribution in [2.45, 2.75) is 13.0 Å². The lowest BCUT2D eigenvalue weighted by Gasteiger charge is -2.10. The number of halogens is 2. The minimum atomic E-state index is -0.692. The predicted octanol–water partition coefficient (Wildman–Crippen LogP) is 1.89. The van der Waals surface area contributed by atoms with Crippen LogP contribution in [0.2, 0.25) is 0 Å². The van der Waals surface area contributed by atoms with Crippen molar-refractivity contribution in [2.24, 2.45) is 5.73 Å². The second-order valence-electron chi connectivity index (χ2n) is 3.97. The van der Waals surface area contributed by atoms with E-state index in [1.807, 2.05) is 0 Å². The topological polar surface area (TPSA) is 90.4 Å². The Labute approximate surface area is 128 Å². The molecule has 2 aromatic rings. The summed E-state index contributed by atoms with van der Waals surface area (Å²) in [6, 6.07) is 4.56. The number of nitrogens with two attached hydrogens (primary N) is 1. The van der Waals surface area contributed by atoms with Gasteiger partial charge in [0.2, 0.25) is 5.91 Å². The lowest BCUT2D eigenvalue weighted by molar-refractivity contribution is -0.118. The fourth-order valence-electron chi connectivity index (χ4n) is 1.61. The number of amides is 1. The minimum absolute atomic E-state index is 0. The van der Waals surface area contributed by atoms with Crippen LogP contribution in [0, 0.1) is 6.92 Å². The van der Waals surface area contributed by atoms with Gasteiger partial charge < -0.3 is 20.2 Å². The standard InChI is InChI=1S/C12H15N3O3.2ClH/c1-7-14-10-4-3-8(5-11(10)18-7)15-12(16)9(13)6-17-2;;/h3-5,9H,6,13H2,1-2H3,(H,15,16);2*1H. The molecule has 0 spiro atoms. The number of carbonyl (C=O) groups excluding carboxylic acids is 1. The van der Waals surface area contributed by atoms with Gasteiger partial charge in [-0.1, -0.05) is 0 Å². The largest absolute Gasteiger partial charge is 0.441 e. The molecule has 0 aliphatic carbocycles. The number of hydrogen-bond acceptors (Lipinski definition) is 5. The van der Waals surface area contributed by atoms with Crippen LogP contribution in [0.1, 0.15) is 5.89 Å². The zero-order valence-corrected chi connectivity index (χ0v) is 12.7. The number of nitrogens with zero attached hydrogens (tertiary/aromatic N) is 1. The van der Waals surface area contributed by atoms with Gasteiger partial charge >= 0.3 is 0 Å². The maximum absolute atomic E-state index is 11.7. The maximum atomic E-state index is 11.7. The maximum Gasteiger partial charge on any atom is 0.243 e. The van der Waals surface area contributed by atoms with E-state index < -0.39 is 6.04 Å². The smallest absolute Gasteiger partial charge is 0.243 e. The van der Waals surface area contributed by atoms with Gasteiger partial charge in [-0.05, 0) is 12.1 Å². The van der Waals surface area contributed by atoms with Crippen LogP contribution in [0.3, 0.4) is 0 Å². The summed E-state index contributed by atoms with van der Waals surface area (Å²) < 4.78 is 10.2. The summed E-state index contributed by atoms with van der Waals surface area (Å²) in [5.74, 6) is 0.289. The first-order chi connectivity index (χ1) is 8.60. The third-order valence-electron chi connectivity index (χ3n) is 2.45. The lowest BCUT2D eigenvalue weighted by Crippen LogP contribution is -2.39. The van der Waals surface area contributed by atoms with Gasteiger partial charge in [0, 0.05) is 25.8 Å². The first kappa shape index (κ1) is 18.7. The highest BCUT2D eigenvalue weighted by Gasteiger charge is 2.13. The molecule has 0 radical (unpaired) electrons. The molecule has 3 N–H and O–H groups in total. The van der Waals surface area contributed by atoms with E-state index in [2.05, 4.69) is 10.3 Å². The van der Waals surface area contributed by atoms with Gasteiger partial charge in [0.15, 0.2) is 11.5 Å². The number of methoxy groups -OCH3 is 1. The summed E-state index contributed by atoms with van der Waals surface area (Å²) in [5, 5.41) is 2.70. The molecule has 1 amide bonds. The molecule has 6 nitrogen and oxygen atoms in total. The molecular formula is C12H17Cl2N3O3. The van der Waals surface area contributed by atoms with Crippen molar-refractivity contribution < 1.29 is 13.9 Å². The van der Waals surface area contributed by atoms with E-state index in [0.717, 1.165) is 5.52 Å². The number of nitrogens with one attached hydrogen (secondary N) is 1. The molecule has 20 heavy (non-hydrogen) atoms. The van der Waals surface area contributed by atoms with Gasteiger partial charge in [0.25, 0.3) is 0 Å². The number of fused-ring (bicyclic) bond motifs is 1. The molecule has 2 rings (SSSR count). The normalized spacial score (nSPS) is 11.3. The summed E-state index contributed by atoms with van der Waals surface area (Å²) in [7, 11) is 1.50. The molecule has 0 aliphatic rings. The van der Waals surface area contributed by atoms with Crippen LogP contribution < -0.4 is 11.1 Å². The molecule has 1 aromatic heterocycles. The number of anilines is 1. The van der Waals surface area contributed by atoms with E-state index in [1.165, 1.54) is 7.11 Å². The van der Waals surface area contributed by atoms with Crippen molar-refractivity contribution >= 4 is 47.5 Å². The molecule has 1 atom stereocenters. The Morgan fingerprint density at radius 2 is 2.20 bits per heavy atom. The second kappa shape index (κ2) is 8.06. The SMILES string of the molecule is COCC(N)C(=O)Nc1ccc2nc(C)oc2c1.Cl.Cl. The van der Waals surface area contributed by atoms with Crippen LogP contribution in [0.25, 0.3) is 11.1 Å². The Bertz CT molecular complexity index is 574. The fourth-order valence-corrected chi connectivity index (χ4v) is 1.61. The lowest BCUT2D eigenvalue weighted by atomic mass is 10.2. The number of aromatic nitrogens is 1. The fraction of sp³-hybridized carbons (Fsp3) is 0.333. The minimum Gasteiger partial charge on any atom is -0.441 e. The summed E-state index contributed by atoms with van der Waals surface area (Å²) in [6.45, 7) is 1.95. The number of benzene rings is 1. The van der Waals surface area contributed by atoms with Gasteiger partial charge in [-0.25, -0.2) is 4.98 Å². The van der Waals surface area contributed by atoms with Gasteiger partial charge in [0.05, 0.1) is 6.61 Å². The Balaban J connectivity index is 0.00000180. The molecule has 1 aromatic carbocycles. The first-order valence-corrected chi connectivity index (χ1v) is 5.52. The number of ether oxygens (including phenoxy) is 1. The highest BCUT2D eigenvalue weighted by Crippen LogP contribution is 2.19. The molecule has 0 saturated heterocycles. The van der Waals surface area contributed by atoms with Crippen LogP contribution in [0.5, 0.6) is 0 Å². The van der Waals surface area contributed by atoms with Crippen molar-refractivity contribution in [1.82, 2.24) is 4.98 Å². The third kappa shape index (κ3) is 4.35. The van der Waals surface area contributed by atoms with Gasteiger partial charge in [0.1, 0.15) is 11.6 Å². The van der Waals surface area contributed by atoms with Gasteiger partial charge in [-0.3, -0.25) is 4.79 Å². The van der Waals surface area contributed by atoms with Crippen molar-refractivity contribution in [3.05, 3.63) is 24.1 Å². The quantitative estimate of drug-likeness (QED) is 0.897.